The Labute approximate surface area is 85.0 Å². The van der Waals surface area contributed by atoms with Crippen molar-refractivity contribution in [2.75, 3.05) is 6.66 Å². The molecule has 0 aromatic carbocycles. The van der Waals surface area contributed by atoms with E-state index in [9.17, 15) is 9.59 Å². The second-order valence-corrected chi connectivity index (χ2v) is 3.38. The van der Waals surface area contributed by atoms with Gasteiger partial charge in [0.15, 0.2) is 6.04 Å². The van der Waals surface area contributed by atoms with E-state index in [0.29, 0.717) is 0 Å². The van der Waals surface area contributed by atoms with Crippen LogP contribution in [0.25, 0.3) is 0 Å². The SMILES string of the molecule is CPOC(=O)[C@H](CCC(=O)O)N=PN. The molecule has 0 radical (unpaired) electrons. The summed E-state index contributed by atoms with van der Waals surface area (Å²) < 4.78 is 8.46. The van der Waals surface area contributed by atoms with Crippen LogP contribution in [0.1, 0.15) is 12.8 Å². The third kappa shape index (κ3) is 5.97. The fourth-order valence-electron chi connectivity index (χ4n) is 0.732. The summed E-state index contributed by atoms with van der Waals surface area (Å²) in [5.74, 6) is -1.48. The summed E-state index contributed by atoms with van der Waals surface area (Å²) in [5, 5.41) is 8.42. The molecule has 8 heteroatoms. The van der Waals surface area contributed by atoms with Crippen LogP contribution in [0.3, 0.4) is 0 Å². The number of hydrogen-bond acceptors (Lipinski definition) is 4. The van der Waals surface area contributed by atoms with Crippen molar-refractivity contribution in [3.05, 3.63) is 0 Å². The second kappa shape index (κ2) is 7.80. The van der Waals surface area contributed by atoms with Crippen LogP contribution in [0.15, 0.2) is 4.74 Å². The van der Waals surface area contributed by atoms with E-state index in [1.54, 1.807) is 6.66 Å². The summed E-state index contributed by atoms with van der Waals surface area (Å²) >= 11 is 0. The molecule has 0 heterocycles. The number of carboxylic acid groups (broad SMARTS) is 1. The summed E-state index contributed by atoms with van der Waals surface area (Å²) in [4.78, 5) is 21.4. The van der Waals surface area contributed by atoms with Crippen molar-refractivity contribution in [2.45, 2.75) is 18.9 Å². The fraction of sp³-hybridized carbons (Fsp3) is 0.667. The molecule has 0 saturated heterocycles. The number of nitrogens with zero attached hydrogens (tertiary/aromatic N) is 1. The van der Waals surface area contributed by atoms with Gasteiger partial charge in [0.1, 0.15) is 0 Å². The largest absolute Gasteiger partial charge is 0.481 e. The zero-order chi connectivity index (χ0) is 11.0. The molecule has 3 N–H and O–H groups in total. The van der Waals surface area contributed by atoms with E-state index < -0.39 is 18.0 Å². The van der Waals surface area contributed by atoms with Gasteiger partial charge in [-0.2, -0.15) is 0 Å². The molecular weight excluding hydrogens is 226 g/mol. The topological polar surface area (TPSA) is 102 Å². The quantitative estimate of drug-likeness (QED) is 0.671. The second-order valence-electron chi connectivity index (χ2n) is 2.30. The van der Waals surface area contributed by atoms with Gasteiger partial charge < -0.3 is 9.63 Å². The molecule has 0 rings (SSSR count). The van der Waals surface area contributed by atoms with Gasteiger partial charge in [-0.3, -0.25) is 10.3 Å². The first-order valence-corrected chi connectivity index (χ1v) is 6.13. The van der Waals surface area contributed by atoms with Gasteiger partial charge in [-0.25, -0.2) is 9.54 Å². The predicted molar refractivity (Wildman–Crippen MR) is 54.5 cm³/mol. The van der Waals surface area contributed by atoms with E-state index in [1.807, 2.05) is 0 Å². The molecule has 0 aliphatic rings. The summed E-state index contributed by atoms with van der Waals surface area (Å²) in [6, 6.07) is -0.759. The highest BCUT2D eigenvalue weighted by atomic mass is 31.1. The van der Waals surface area contributed by atoms with Gasteiger partial charge in [0.25, 0.3) is 0 Å². The van der Waals surface area contributed by atoms with Crippen molar-refractivity contribution < 1.29 is 19.2 Å². The summed E-state index contributed by atoms with van der Waals surface area (Å²) in [5.41, 5.74) is 5.12. The van der Waals surface area contributed by atoms with E-state index in [1.165, 1.54) is 0 Å². The number of aliphatic carboxylic acids is 1. The van der Waals surface area contributed by atoms with Crippen LogP contribution >= 0.6 is 17.3 Å². The summed E-state index contributed by atoms with van der Waals surface area (Å²) in [6.07, 6.45) is 0.00839. The Kier molecular flexibility index (Phi) is 7.48. The minimum absolute atomic E-state index is 0.0334. The average molecular weight is 238 g/mol. The van der Waals surface area contributed by atoms with Crippen molar-refractivity contribution in [3.63, 3.8) is 0 Å². The maximum atomic E-state index is 11.2. The standard InChI is InChI=1S/C6H12N2O4P2/c1-13-12-6(11)4(8-14-7)2-3-5(9)10/h4,13H,2-3H2,1H3,(H2,7,8)(H,9,10)/t4-/m0/s1. The van der Waals surface area contributed by atoms with Crippen LogP contribution < -0.4 is 5.50 Å². The average Bonchev–Trinajstić information content (AvgIpc) is 2.12. The minimum atomic E-state index is -0.967. The Balaban J connectivity index is 4.13. The van der Waals surface area contributed by atoms with Crippen molar-refractivity contribution >= 4 is 29.3 Å². The fourth-order valence-corrected chi connectivity index (χ4v) is 1.44. The van der Waals surface area contributed by atoms with Gasteiger partial charge in [0.2, 0.25) is 0 Å². The van der Waals surface area contributed by atoms with Crippen LogP contribution in [0.2, 0.25) is 0 Å². The molecule has 0 bridgehead atoms. The summed E-state index contributed by atoms with van der Waals surface area (Å²) in [7, 11) is 0.245. The lowest BCUT2D eigenvalue weighted by atomic mass is 10.2. The van der Waals surface area contributed by atoms with Gasteiger partial charge >= 0.3 is 11.9 Å². The van der Waals surface area contributed by atoms with E-state index in [-0.39, 0.29) is 30.2 Å². The smallest absolute Gasteiger partial charge is 0.333 e. The minimum Gasteiger partial charge on any atom is -0.481 e. The van der Waals surface area contributed by atoms with Crippen LogP contribution in [0.4, 0.5) is 0 Å². The third-order valence-electron chi connectivity index (χ3n) is 1.31. The maximum Gasteiger partial charge on any atom is 0.333 e. The Morgan fingerprint density at radius 2 is 2.36 bits per heavy atom. The molecule has 6 nitrogen and oxygen atoms in total. The Hall–Kier alpha value is -0.570. The van der Waals surface area contributed by atoms with Gasteiger partial charge in [-0.15, -0.1) is 0 Å². The van der Waals surface area contributed by atoms with Crippen LogP contribution in [-0.2, 0) is 14.1 Å². The van der Waals surface area contributed by atoms with Crippen molar-refractivity contribution in [3.8, 4) is 0 Å². The van der Waals surface area contributed by atoms with Crippen molar-refractivity contribution in [1.82, 2.24) is 0 Å². The molecule has 0 saturated carbocycles. The van der Waals surface area contributed by atoms with Gasteiger partial charge in [0.05, 0.1) is 17.3 Å². The number of hydrogen-bond donors (Lipinski definition) is 2. The van der Waals surface area contributed by atoms with Gasteiger partial charge in [0, 0.05) is 6.42 Å². The van der Waals surface area contributed by atoms with Gasteiger partial charge in [-0.05, 0) is 13.1 Å². The zero-order valence-electron chi connectivity index (χ0n) is 7.64. The molecule has 0 spiro atoms. The molecule has 0 aliphatic carbocycles. The van der Waals surface area contributed by atoms with E-state index >= 15 is 0 Å². The van der Waals surface area contributed by atoms with Crippen molar-refractivity contribution in [2.24, 2.45) is 10.2 Å². The highest BCUT2D eigenvalue weighted by molar-refractivity contribution is 7.31. The summed E-state index contributed by atoms with van der Waals surface area (Å²) in [6.45, 7) is 1.70. The molecule has 1 unspecified atom stereocenters. The first-order chi connectivity index (χ1) is 6.61. The molecule has 0 amide bonds. The first kappa shape index (κ1) is 13.4. The Morgan fingerprint density at radius 1 is 1.71 bits per heavy atom. The zero-order valence-corrected chi connectivity index (χ0v) is 9.53. The highest BCUT2D eigenvalue weighted by Crippen LogP contribution is 2.13. The molecule has 80 valence electrons. The number of nitrogens with two attached hydrogens (primary N) is 1. The number of carboxylic acids is 1. The number of carbonyl (C=O) groups is 2. The molecule has 2 atom stereocenters. The Bertz CT molecular complexity index is 234. The third-order valence-corrected chi connectivity index (χ3v) is 2.13. The van der Waals surface area contributed by atoms with Crippen LogP contribution in [0, 0.1) is 0 Å². The molecule has 0 fully saturated rings. The lowest BCUT2D eigenvalue weighted by Gasteiger charge is -2.08. The molecule has 14 heavy (non-hydrogen) atoms. The van der Waals surface area contributed by atoms with Crippen LogP contribution in [-0.4, -0.2) is 29.8 Å². The van der Waals surface area contributed by atoms with E-state index in [2.05, 4.69) is 4.74 Å². The number of rotatable bonds is 6. The lowest BCUT2D eigenvalue weighted by Crippen LogP contribution is -2.19. The van der Waals surface area contributed by atoms with Crippen LogP contribution in [0.5, 0.6) is 0 Å². The highest BCUT2D eigenvalue weighted by Gasteiger charge is 2.19. The maximum absolute atomic E-state index is 11.2. The molecule has 0 aromatic heterocycles. The van der Waals surface area contributed by atoms with E-state index in [4.69, 9.17) is 15.1 Å². The van der Waals surface area contributed by atoms with Crippen molar-refractivity contribution in [1.29, 1.82) is 0 Å². The Morgan fingerprint density at radius 3 is 2.79 bits per heavy atom. The van der Waals surface area contributed by atoms with Gasteiger partial charge in [-0.1, -0.05) is 0 Å². The molecule has 0 aliphatic heterocycles. The number of carbonyl (C=O) groups excluding carboxylic acids is 1. The molecular formula is C6H12N2O4P2. The van der Waals surface area contributed by atoms with E-state index in [0.717, 1.165) is 0 Å². The molecule has 0 aromatic rings. The predicted octanol–water partition coefficient (Wildman–Crippen LogP) is 0.990. The first-order valence-electron chi connectivity index (χ1n) is 3.81. The lowest BCUT2D eigenvalue weighted by molar-refractivity contribution is -0.138. The normalized spacial score (nSPS) is 13.6. The monoisotopic (exact) mass is 238 g/mol.